The largest absolute Gasteiger partial charge is 0.503 e. The summed E-state index contributed by atoms with van der Waals surface area (Å²) in [7, 11) is 3.22. The lowest BCUT2D eigenvalue weighted by Gasteiger charge is -2.22. The van der Waals surface area contributed by atoms with Crippen LogP contribution in [0.5, 0.6) is 11.5 Å². The Balaban J connectivity index is 1.53. The molecular weight excluding hydrogens is 485 g/mol. The topological polar surface area (TPSA) is 76.1 Å². The molecule has 0 radical (unpaired) electrons. The average Bonchev–Trinajstić information content (AvgIpc) is 3.17. The zero-order valence-corrected chi connectivity index (χ0v) is 19.0. The van der Waals surface area contributed by atoms with Crippen LogP contribution in [0.3, 0.4) is 0 Å². The minimum atomic E-state index is -5.15. The van der Waals surface area contributed by atoms with E-state index in [0.29, 0.717) is 6.61 Å². The molecule has 0 saturated carbocycles. The number of ether oxygens (including phenoxy) is 1. The number of aryl methyl sites for hydroxylation is 1. The molecule has 1 atom stereocenters. The van der Waals surface area contributed by atoms with Crippen molar-refractivity contribution in [2.45, 2.75) is 12.6 Å². The molecule has 0 bridgehead atoms. The van der Waals surface area contributed by atoms with Crippen LogP contribution in [0.15, 0.2) is 36.5 Å². The SMILES string of the molecule is Cn1nc(-c2cc(C(F)(F)F)c(F)c(O)c2F)c2cnc(/[N+](C)=C/C3COc4ccccc4C3)nc21. The summed E-state index contributed by atoms with van der Waals surface area (Å²) in [5.41, 5.74) is -1.51. The second-order valence-electron chi connectivity index (χ2n) is 8.47. The van der Waals surface area contributed by atoms with Crippen LogP contribution in [-0.4, -0.2) is 49.3 Å². The van der Waals surface area contributed by atoms with Gasteiger partial charge in [0.15, 0.2) is 17.4 Å². The van der Waals surface area contributed by atoms with E-state index < -0.39 is 34.7 Å². The van der Waals surface area contributed by atoms with Crippen LogP contribution >= 0.6 is 0 Å². The third kappa shape index (κ3) is 4.01. The lowest BCUT2D eigenvalue weighted by atomic mass is 9.98. The second kappa shape index (κ2) is 8.54. The minimum absolute atomic E-state index is 0.0448. The van der Waals surface area contributed by atoms with Crippen LogP contribution < -0.4 is 4.74 Å². The molecule has 0 amide bonds. The molecule has 1 aliphatic heterocycles. The van der Waals surface area contributed by atoms with Gasteiger partial charge in [-0.1, -0.05) is 23.2 Å². The molecule has 12 heteroatoms. The van der Waals surface area contributed by atoms with E-state index in [1.807, 2.05) is 30.5 Å². The van der Waals surface area contributed by atoms with Gasteiger partial charge >= 0.3 is 12.1 Å². The number of phenols is 1. The van der Waals surface area contributed by atoms with E-state index in [4.69, 9.17) is 4.74 Å². The highest BCUT2D eigenvalue weighted by Gasteiger charge is 2.38. The number of fused-ring (bicyclic) bond motifs is 2. The number of para-hydroxylation sites is 1. The predicted octanol–water partition coefficient (Wildman–Crippen LogP) is 4.63. The molecule has 2 aromatic heterocycles. The molecule has 186 valence electrons. The maximum Gasteiger partial charge on any atom is 0.434 e. The van der Waals surface area contributed by atoms with Gasteiger partial charge in [-0.15, -0.1) is 0 Å². The number of aromatic nitrogens is 4. The zero-order valence-electron chi connectivity index (χ0n) is 19.0. The van der Waals surface area contributed by atoms with Crippen molar-refractivity contribution in [1.29, 1.82) is 0 Å². The van der Waals surface area contributed by atoms with Gasteiger partial charge in [0.1, 0.15) is 17.6 Å². The first-order chi connectivity index (χ1) is 17.0. The molecular formula is C24H19F5N5O2+. The Morgan fingerprint density at radius 3 is 2.69 bits per heavy atom. The number of alkyl halides is 3. The average molecular weight is 504 g/mol. The summed E-state index contributed by atoms with van der Waals surface area (Å²) in [6.45, 7) is 0.467. The number of hydrogen-bond donors (Lipinski definition) is 1. The number of halogens is 5. The molecule has 36 heavy (non-hydrogen) atoms. The molecule has 1 unspecified atom stereocenters. The Hall–Kier alpha value is -4.09. The molecule has 3 heterocycles. The highest BCUT2D eigenvalue weighted by molar-refractivity contribution is 5.91. The summed E-state index contributed by atoms with van der Waals surface area (Å²) in [6.07, 6.45) is -1.19. The van der Waals surface area contributed by atoms with Crippen LogP contribution in [-0.2, 0) is 19.6 Å². The fourth-order valence-corrected chi connectivity index (χ4v) is 4.23. The van der Waals surface area contributed by atoms with E-state index in [-0.39, 0.29) is 34.7 Å². The summed E-state index contributed by atoms with van der Waals surface area (Å²) < 4.78 is 77.1. The van der Waals surface area contributed by atoms with Crippen LogP contribution in [0.1, 0.15) is 11.1 Å². The summed E-state index contributed by atoms with van der Waals surface area (Å²) >= 11 is 0. The Morgan fingerprint density at radius 1 is 1.19 bits per heavy atom. The van der Waals surface area contributed by atoms with Crippen molar-refractivity contribution in [1.82, 2.24) is 19.7 Å². The highest BCUT2D eigenvalue weighted by atomic mass is 19.4. The van der Waals surface area contributed by atoms with E-state index in [9.17, 15) is 27.1 Å². The zero-order chi connectivity index (χ0) is 25.8. The molecule has 7 nitrogen and oxygen atoms in total. The van der Waals surface area contributed by atoms with Gasteiger partial charge < -0.3 is 9.84 Å². The van der Waals surface area contributed by atoms with E-state index >= 15 is 0 Å². The van der Waals surface area contributed by atoms with Gasteiger partial charge in [0, 0.05) is 24.7 Å². The van der Waals surface area contributed by atoms with E-state index in [2.05, 4.69) is 15.1 Å². The van der Waals surface area contributed by atoms with Crippen molar-refractivity contribution in [2.75, 3.05) is 13.7 Å². The van der Waals surface area contributed by atoms with Gasteiger partial charge in [-0.3, -0.25) is 0 Å². The Bertz CT molecular complexity index is 1530. The van der Waals surface area contributed by atoms with Gasteiger partial charge in [0.25, 0.3) is 0 Å². The van der Waals surface area contributed by atoms with Crippen molar-refractivity contribution in [3.8, 4) is 22.8 Å². The third-order valence-corrected chi connectivity index (χ3v) is 5.96. The normalized spacial score (nSPS) is 16.2. The number of phenolic OH excluding ortho intramolecular Hbond substituents is 1. The minimum Gasteiger partial charge on any atom is -0.503 e. The summed E-state index contributed by atoms with van der Waals surface area (Å²) in [6, 6.07) is 8.02. The van der Waals surface area contributed by atoms with Gasteiger partial charge in [-0.2, -0.15) is 18.3 Å². The first kappa shape index (κ1) is 23.6. The van der Waals surface area contributed by atoms with Crippen LogP contribution in [0.25, 0.3) is 22.3 Å². The molecule has 0 spiro atoms. The van der Waals surface area contributed by atoms with Crippen molar-refractivity contribution in [3.05, 3.63) is 59.3 Å². The highest BCUT2D eigenvalue weighted by Crippen LogP contribution is 2.41. The number of hydrogen-bond acceptors (Lipinski definition) is 5. The fraction of sp³-hybridized carbons (Fsp3) is 0.250. The smallest absolute Gasteiger partial charge is 0.434 e. The number of rotatable bonds is 3. The van der Waals surface area contributed by atoms with E-state index in [1.165, 1.54) is 17.9 Å². The van der Waals surface area contributed by atoms with Gasteiger partial charge in [0.2, 0.25) is 5.65 Å². The molecule has 5 rings (SSSR count). The predicted molar refractivity (Wildman–Crippen MR) is 119 cm³/mol. The third-order valence-electron chi connectivity index (χ3n) is 5.96. The first-order valence-corrected chi connectivity index (χ1v) is 10.8. The van der Waals surface area contributed by atoms with Gasteiger partial charge in [-0.05, 0) is 29.1 Å². The lowest BCUT2D eigenvalue weighted by molar-refractivity contribution is -0.411. The maximum atomic E-state index is 14.7. The Kier molecular flexibility index (Phi) is 5.61. The van der Waals surface area contributed by atoms with E-state index in [0.717, 1.165) is 17.7 Å². The number of aromatic hydroxyl groups is 1. The summed E-state index contributed by atoms with van der Waals surface area (Å²) in [5, 5.41) is 13.9. The summed E-state index contributed by atoms with van der Waals surface area (Å²) in [4.78, 5) is 8.70. The monoisotopic (exact) mass is 504 g/mol. The molecule has 0 fully saturated rings. The number of nitrogens with zero attached hydrogens (tertiary/aromatic N) is 5. The van der Waals surface area contributed by atoms with Crippen molar-refractivity contribution < 1.29 is 36.4 Å². The molecule has 2 aromatic carbocycles. The van der Waals surface area contributed by atoms with Crippen LogP contribution in [0.2, 0.25) is 0 Å². The van der Waals surface area contributed by atoms with Gasteiger partial charge in [0.05, 0.1) is 24.6 Å². The molecule has 0 aliphatic carbocycles. The Labute approximate surface area is 201 Å². The Morgan fingerprint density at radius 2 is 1.94 bits per heavy atom. The van der Waals surface area contributed by atoms with E-state index in [1.54, 1.807) is 11.6 Å². The van der Waals surface area contributed by atoms with Crippen molar-refractivity contribution >= 4 is 23.2 Å². The van der Waals surface area contributed by atoms with Gasteiger partial charge in [-0.25, -0.2) is 18.0 Å². The maximum absolute atomic E-state index is 14.7. The van der Waals surface area contributed by atoms with Crippen molar-refractivity contribution in [2.24, 2.45) is 13.0 Å². The molecule has 4 aromatic rings. The standard InChI is InChI=1S/C24H18F5N5O2/c1-33(10-12-7-13-5-3-4-6-17(13)36-11-12)23-30-9-15-20(32-34(2)22(15)31-23)14-8-16(24(27,28)29)19(26)21(35)18(14)25/h3-6,8-10,12H,7,11H2,1-2H3/p+1/b33-10+. The van der Waals surface area contributed by atoms with Crippen molar-refractivity contribution in [3.63, 3.8) is 0 Å². The second-order valence-corrected chi connectivity index (χ2v) is 8.47. The lowest BCUT2D eigenvalue weighted by Crippen LogP contribution is -2.25. The molecule has 1 N–H and O–H groups in total. The first-order valence-electron chi connectivity index (χ1n) is 10.8. The quantitative estimate of drug-likeness (QED) is 0.250. The van der Waals surface area contributed by atoms with Crippen LogP contribution in [0.4, 0.5) is 27.9 Å². The molecule has 0 saturated heterocycles. The number of benzene rings is 2. The molecule has 1 aliphatic rings. The fourth-order valence-electron chi connectivity index (χ4n) is 4.23. The summed E-state index contributed by atoms with van der Waals surface area (Å²) in [5.74, 6) is -4.22. The van der Waals surface area contributed by atoms with Crippen LogP contribution in [0, 0.1) is 17.6 Å².